The van der Waals surface area contributed by atoms with E-state index in [2.05, 4.69) is 27.6 Å². The summed E-state index contributed by atoms with van der Waals surface area (Å²) in [4.78, 5) is 4.60. The highest BCUT2D eigenvalue weighted by Crippen LogP contribution is 2.26. The van der Waals surface area contributed by atoms with Crippen LogP contribution in [0.4, 0.5) is 5.13 Å². The van der Waals surface area contributed by atoms with Crippen LogP contribution in [0.2, 0.25) is 0 Å². The number of anilines is 1. The third-order valence-electron chi connectivity index (χ3n) is 4.84. The highest BCUT2D eigenvalue weighted by molar-refractivity contribution is 7.22. The van der Waals surface area contributed by atoms with E-state index in [9.17, 15) is 0 Å². The van der Waals surface area contributed by atoms with Crippen molar-refractivity contribution in [3.63, 3.8) is 0 Å². The minimum Gasteiger partial charge on any atom is -0.497 e. The Morgan fingerprint density at radius 3 is 2.63 bits per heavy atom. The molecule has 0 saturated carbocycles. The summed E-state index contributed by atoms with van der Waals surface area (Å²) in [5, 5.41) is 7.15. The molecule has 0 aliphatic carbocycles. The van der Waals surface area contributed by atoms with Crippen molar-refractivity contribution in [2.75, 3.05) is 12.5 Å². The third kappa shape index (κ3) is 3.53. The van der Waals surface area contributed by atoms with E-state index in [0.717, 1.165) is 54.3 Å². The van der Waals surface area contributed by atoms with Gasteiger partial charge in [0, 0.05) is 17.0 Å². The number of ether oxygens (including phenoxy) is 1. The van der Waals surface area contributed by atoms with Gasteiger partial charge in [-0.3, -0.25) is 5.43 Å². The summed E-state index contributed by atoms with van der Waals surface area (Å²) in [6, 6.07) is 23.9. The van der Waals surface area contributed by atoms with E-state index >= 15 is 0 Å². The highest BCUT2D eigenvalue weighted by atomic mass is 32.1. The Labute approximate surface area is 177 Å². The Balaban J connectivity index is 1.62. The predicted octanol–water partition coefficient (Wildman–Crippen LogP) is 5.95. The molecule has 30 heavy (non-hydrogen) atoms. The molecule has 0 saturated heterocycles. The van der Waals surface area contributed by atoms with Gasteiger partial charge in [-0.25, -0.2) is 4.98 Å². The molecule has 2 aromatic heterocycles. The van der Waals surface area contributed by atoms with Crippen molar-refractivity contribution < 1.29 is 9.15 Å². The van der Waals surface area contributed by atoms with Crippen LogP contribution in [0.1, 0.15) is 5.56 Å². The molecule has 6 heteroatoms. The van der Waals surface area contributed by atoms with Crippen LogP contribution in [0.25, 0.3) is 32.5 Å². The number of rotatable bonds is 4. The highest BCUT2D eigenvalue weighted by Gasteiger charge is 2.08. The number of hydrogen-bond donors (Lipinski definition) is 1. The van der Waals surface area contributed by atoms with E-state index < -0.39 is 0 Å². The summed E-state index contributed by atoms with van der Waals surface area (Å²) >= 11 is 1.58. The molecule has 148 valence electrons. The molecule has 0 unspecified atom stereocenters. The third-order valence-corrected chi connectivity index (χ3v) is 5.78. The van der Waals surface area contributed by atoms with Crippen molar-refractivity contribution in [3.05, 3.63) is 83.7 Å². The molecule has 0 atom stereocenters. The Morgan fingerprint density at radius 2 is 1.83 bits per heavy atom. The van der Waals surface area contributed by atoms with Crippen molar-refractivity contribution in [1.82, 2.24) is 4.98 Å². The minimum absolute atomic E-state index is 0.737. The first-order valence-electron chi connectivity index (χ1n) is 9.54. The van der Waals surface area contributed by atoms with Crippen LogP contribution in [0.5, 0.6) is 5.75 Å². The smallest absolute Gasteiger partial charge is 0.204 e. The molecule has 2 heterocycles. The molecule has 0 fully saturated rings. The number of para-hydroxylation sites is 1. The van der Waals surface area contributed by atoms with E-state index in [-0.39, 0.29) is 0 Å². The molecular formula is C24H19N3O2S. The van der Waals surface area contributed by atoms with E-state index in [0.29, 0.717) is 0 Å². The average molecular weight is 414 g/mol. The number of nitrogens with one attached hydrogen (secondary N) is 1. The largest absolute Gasteiger partial charge is 0.497 e. The first kappa shape index (κ1) is 18.4. The van der Waals surface area contributed by atoms with Gasteiger partial charge >= 0.3 is 0 Å². The zero-order chi connectivity index (χ0) is 20.5. The van der Waals surface area contributed by atoms with Crippen LogP contribution < -0.4 is 15.5 Å². The molecule has 0 spiro atoms. The molecule has 1 N–H and O–H groups in total. The maximum Gasteiger partial charge on any atom is 0.204 e. The van der Waals surface area contributed by atoms with Gasteiger partial charge in [0.2, 0.25) is 5.13 Å². The van der Waals surface area contributed by atoms with Gasteiger partial charge in [0.25, 0.3) is 0 Å². The van der Waals surface area contributed by atoms with Gasteiger partial charge in [-0.05, 0) is 61.0 Å². The van der Waals surface area contributed by atoms with Gasteiger partial charge in [0.1, 0.15) is 17.1 Å². The summed E-state index contributed by atoms with van der Waals surface area (Å²) < 4.78 is 12.6. The monoisotopic (exact) mass is 413 g/mol. The Kier molecular flexibility index (Phi) is 4.69. The van der Waals surface area contributed by atoms with Crippen molar-refractivity contribution in [2.45, 2.75) is 6.92 Å². The lowest BCUT2D eigenvalue weighted by atomic mass is 10.1. The van der Waals surface area contributed by atoms with Crippen LogP contribution >= 0.6 is 11.3 Å². The molecule has 0 amide bonds. The fourth-order valence-electron chi connectivity index (χ4n) is 3.29. The van der Waals surface area contributed by atoms with Gasteiger partial charge in [0.15, 0.2) is 0 Å². The van der Waals surface area contributed by atoms with E-state index in [1.165, 1.54) is 0 Å². The first-order valence-corrected chi connectivity index (χ1v) is 10.4. The lowest BCUT2D eigenvalue weighted by Gasteiger charge is -2.07. The standard InChI is InChI=1S/C24H19N3O2S/c1-15-7-12-18-20(26-27-24-25-19-5-3-4-6-23(19)30-24)14-21(29-22(18)13-15)16-8-10-17(28-2)11-9-16/h3-14H,1-2H3,(H,25,27)/b26-20+. The molecule has 0 radical (unpaired) electrons. The normalized spacial score (nSPS) is 11.9. The number of benzene rings is 3. The van der Waals surface area contributed by atoms with Crippen LogP contribution in [0, 0.1) is 6.92 Å². The first-order chi connectivity index (χ1) is 14.7. The number of thiazole rings is 1. The zero-order valence-corrected chi connectivity index (χ0v) is 17.4. The van der Waals surface area contributed by atoms with Crippen LogP contribution in [0.3, 0.4) is 0 Å². The van der Waals surface area contributed by atoms with Gasteiger partial charge < -0.3 is 9.15 Å². The SMILES string of the molecule is COc1ccc(-c2c/c(=N\Nc3nc4ccccc4s3)c3ccc(C)cc3o2)cc1. The average Bonchev–Trinajstić information content (AvgIpc) is 3.20. The maximum atomic E-state index is 6.20. The fraction of sp³-hybridized carbons (Fsp3) is 0.0833. The molecule has 5 aromatic rings. The summed E-state index contributed by atoms with van der Waals surface area (Å²) in [5.74, 6) is 1.54. The summed E-state index contributed by atoms with van der Waals surface area (Å²) in [6.07, 6.45) is 0. The van der Waals surface area contributed by atoms with Crippen molar-refractivity contribution >= 4 is 37.7 Å². The number of methoxy groups -OCH3 is 1. The van der Waals surface area contributed by atoms with E-state index in [1.807, 2.05) is 67.6 Å². The molecule has 5 nitrogen and oxygen atoms in total. The second kappa shape index (κ2) is 7.65. The van der Waals surface area contributed by atoms with Crippen LogP contribution in [0.15, 0.2) is 82.3 Å². The van der Waals surface area contributed by atoms with Gasteiger partial charge in [-0.15, -0.1) is 0 Å². The summed E-state index contributed by atoms with van der Waals surface area (Å²) in [7, 11) is 1.66. The lowest BCUT2D eigenvalue weighted by molar-refractivity contribution is 0.415. The van der Waals surface area contributed by atoms with Crippen LogP contribution in [-0.4, -0.2) is 12.1 Å². The molecule has 0 aliphatic heterocycles. The second-order valence-electron chi connectivity index (χ2n) is 6.93. The predicted molar refractivity (Wildman–Crippen MR) is 122 cm³/mol. The number of aromatic nitrogens is 1. The van der Waals surface area contributed by atoms with Gasteiger partial charge in [-0.2, -0.15) is 5.10 Å². The number of fused-ring (bicyclic) bond motifs is 2. The Hall–Kier alpha value is -3.64. The van der Waals surface area contributed by atoms with E-state index in [4.69, 9.17) is 9.15 Å². The lowest BCUT2D eigenvalue weighted by Crippen LogP contribution is -2.07. The van der Waals surface area contributed by atoms with Gasteiger partial charge in [-0.1, -0.05) is 29.5 Å². The molecule has 0 aliphatic rings. The minimum atomic E-state index is 0.737. The topological polar surface area (TPSA) is 59.6 Å². The Bertz CT molecular complexity index is 1390. The molecule has 5 rings (SSSR count). The molecule has 3 aromatic carbocycles. The quantitative estimate of drug-likeness (QED) is 0.370. The fourth-order valence-corrected chi connectivity index (χ4v) is 4.10. The Morgan fingerprint density at radius 1 is 1.00 bits per heavy atom. The second-order valence-corrected chi connectivity index (χ2v) is 7.97. The van der Waals surface area contributed by atoms with Crippen LogP contribution in [-0.2, 0) is 0 Å². The summed E-state index contributed by atoms with van der Waals surface area (Å²) in [6.45, 7) is 2.05. The molecular weight excluding hydrogens is 394 g/mol. The maximum absolute atomic E-state index is 6.20. The van der Waals surface area contributed by atoms with Gasteiger partial charge in [0.05, 0.1) is 22.7 Å². The zero-order valence-electron chi connectivity index (χ0n) is 16.5. The van der Waals surface area contributed by atoms with Crippen molar-refractivity contribution in [2.24, 2.45) is 5.10 Å². The number of hydrogen-bond acceptors (Lipinski definition) is 6. The summed E-state index contributed by atoms with van der Waals surface area (Å²) in [5.41, 5.74) is 6.95. The number of aryl methyl sites for hydroxylation is 1. The molecule has 0 bridgehead atoms. The van der Waals surface area contributed by atoms with Crippen molar-refractivity contribution in [1.29, 1.82) is 0 Å². The van der Waals surface area contributed by atoms with Crippen molar-refractivity contribution in [3.8, 4) is 17.1 Å². The number of nitrogens with zero attached hydrogens (tertiary/aromatic N) is 2. The van der Waals surface area contributed by atoms with E-state index in [1.54, 1.807) is 18.4 Å².